The highest BCUT2D eigenvalue weighted by Crippen LogP contribution is 2.14. The fraction of sp³-hybridized carbons (Fsp3) is 0.400. The van der Waals surface area contributed by atoms with E-state index in [4.69, 9.17) is 0 Å². The third kappa shape index (κ3) is 4.81. The number of methoxy groups -OCH3 is 1. The van der Waals surface area contributed by atoms with Gasteiger partial charge in [0, 0.05) is 18.9 Å². The van der Waals surface area contributed by atoms with Gasteiger partial charge < -0.3 is 10.1 Å². The summed E-state index contributed by atoms with van der Waals surface area (Å²) in [6.07, 6.45) is 3.04. The molecule has 0 radical (unpaired) electrons. The summed E-state index contributed by atoms with van der Waals surface area (Å²) in [6.45, 7) is 1.35. The summed E-state index contributed by atoms with van der Waals surface area (Å²) in [7, 11) is 1.28. The van der Waals surface area contributed by atoms with Gasteiger partial charge in [0.25, 0.3) is 0 Å². The lowest BCUT2D eigenvalue weighted by atomic mass is 10.3. The van der Waals surface area contributed by atoms with E-state index in [1.807, 2.05) is 0 Å². The predicted molar refractivity (Wildman–Crippen MR) is 62.4 cm³/mol. The van der Waals surface area contributed by atoms with Crippen molar-refractivity contribution in [3.63, 3.8) is 0 Å². The van der Waals surface area contributed by atoms with Crippen molar-refractivity contribution in [2.75, 3.05) is 12.9 Å². The van der Waals surface area contributed by atoms with Gasteiger partial charge in [-0.05, 0) is 6.07 Å². The maximum Gasteiger partial charge on any atom is 0.329 e. The zero-order valence-electron chi connectivity index (χ0n) is 9.54. The van der Waals surface area contributed by atoms with E-state index in [-0.39, 0.29) is 5.91 Å². The van der Waals surface area contributed by atoms with E-state index in [0.717, 1.165) is 5.03 Å². The number of rotatable bonds is 5. The third-order valence-corrected chi connectivity index (χ3v) is 2.85. The number of nitrogens with one attached hydrogen (secondary N) is 1. The van der Waals surface area contributed by atoms with Crippen molar-refractivity contribution in [2.24, 2.45) is 0 Å². The van der Waals surface area contributed by atoms with Gasteiger partial charge in [-0.3, -0.25) is 4.79 Å². The first-order chi connectivity index (χ1) is 8.13. The smallest absolute Gasteiger partial charge is 0.329 e. The number of amides is 1. The van der Waals surface area contributed by atoms with Crippen LogP contribution < -0.4 is 5.32 Å². The van der Waals surface area contributed by atoms with Crippen LogP contribution in [0.4, 0.5) is 0 Å². The second kappa shape index (κ2) is 6.85. The van der Waals surface area contributed by atoms with Crippen LogP contribution in [0.2, 0.25) is 0 Å². The van der Waals surface area contributed by atoms with Gasteiger partial charge in [0.15, 0.2) is 0 Å². The summed E-state index contributed by atoms with van der Waals surface area (Å²) in [5.41, 5.74) is 0. The van der Waals surface area contributed by atoms with E-state index in [1.54, 1.807) is 12.3 Å². The van der Waals surface area contributed by atoms with Crippen molar-refractivity contribution in [1.82, 2.24) is 15.3 Å². The molecule has 1 rings (SSSR count). The molecule has 1 aromatic rings. The Morgan fingerprint density at radius 2 is 2.35 bits per heavy atom. The SMILES string of the molecule is COC(=O)C(CSc1ccncn1)NC(C)=O. The van der Waals surface area contributed by atoms with Crippen molar-refractivity contribution >= 4 is 23.6 Å². The number of ether oxygens (including phenoxy) is 1. The molecule has 1 unspecified atom stereocenters. The van der Waals surface area contributed by atoms with Crippen molar-refractivity contribution in [1.29, 1.82) is 0 Å². The van der Waals surface area contributed by atoms with Gasteiger partial charge in [0.1, 0.15) is 12.4 Å². The summed E-state index contributed by atoms with van der Waals surface area (Å²) in [4.78, 5) is 30.1. The molecule has 0 saturated heterocycles. The molecule has 1 N–H and O–H groups in total. The molecular formula is C10H13N3O3S. The molecule has 0 aliphatic carbocycles. The molecule has 0 aliphatic rings. The van der Waals surface area contributed by atoms with Gasteiger partial charge in [0.05, 0.1) is 12.1 Å². The van der Waals surface area contributed by atoms with Crippen LogP contribution in [-0.4, -0.2) is 40.7 Å². The first-order valence-corrected chi connectivity index (χ1v) is 5.85. The van der Waals surface area contributed by atoms with Crippen LogP contribution >= 0.6 is 11.8 Å². The second-order valence-corrected chi connectivity index (χ2v) is 4.18. The van der Waals surface area contributed by atoms with Crippen LogP contribution in [0.25, 0.3) is 0 Å². The number of carbonyl (C=O) groups is 2. The lowest BCUT2D eigenvalue weighted by molar-refractivity contribution is -0.144. The maximum absolute atomic E-state index is 11.4. The van der Waals surface area contributed by atoms with Gasteiger partial charge in [-0.25, -0.2) is 14.8 Å². The molecule has 1 atom stereocenters. The van der Waals surface area contributed by atoms with Crippen molar-refractivity contribution in [3.8, 4) is 0 Å². The molecule has 0 bridgehead atoms. The Hall–Kier alpha value is -1.63. The average Bonchev–Trinajstić information content (AvgIpc) is 2.34. The normalized spacial score (nSPS) is 11.6. The van der Waals surface area contributed by atoms with Crippen LogP contribution in [0.5, 0.6) is 0 Å². The number of aromatic nitrogens is 2. The number of esters is 1. The third-order valence-electron chi connectivity index (χ3n) is 1.82. The zero-order valence-corrected chi connectivity index (χ0v) is 10.4. The maximum atomic E-state index is 11.4. The van der Waals surface area contributed by atoms with E-state index in [1.165, 1.54) is 32.1 Å². The van der Waals surface area contributed by atoms with Crippen molar-refractivity contribution in [3.05, 3.63) is 18.6 Å². The van der Waals surface area contributed by atoms with E-state index >= 15 is 0 Å². The molecule has 0 saturated carbocycles. The Balaban J connectivity index is 2.55. The number of thioether (sulfide) groups is 1. The summed E-state index contributed by atoms with van der Waals surface area (Å²) in [6, 6.07) is 1.06. The minimum atomic E-state index is -0.669. The summed E-state index contributed by atoms with van der Waals surface area (Å²) in [5.74, 6) is -0.381. The molecule has 0 aromatic carbocycles. The van der Waals surface area contributed by atoms with Gasteiger partial charge >= 0.3 is 5.97 Å². The summed E-state index contributed by atoms with van der Waals surface area (Å²) >= 11 is 1.35. The largest absolute Gasteiger partial charge is 0.467 e. The van der Waals surface area contributed by atoms with Crippen LogP contribution in [0.3, 0.4) is 0 Å². The van der Waals surface area contributed by atoms with E-state index in [0.29, 0.717) is 5.75 Å². The lowest BCUT2D eigenvalue weighted by Gasteiger charge is -2.14. The Kier molecular flexibility index (Phi) is 5.41. The first-order valence-electron chi connectivity index (χ1n) is 4.87. The molecule has 0 fully saturated rings. The highest BCUT2D eigenvalue weighted by molar-refractivity contribution is 7.99. The lowest BCUT2D eigenvalue weighted by Crippen LogP contribution is -2.42. The summed E-state index contributed by atoms with van der Waals surface area (Å²) in [5, 5.41) is 3.26. The van der Waals surface area contributed by atoms with Gasteiger partial charge in [0.2, 0.25) is 5.91 Å². The molecule has 1 heterocycles. The highest BCUT2D eigenvalue weighted by Gasteiger charge is 2.20. The molecule has 17 heavy (non-hydrogen) atoms. The molecule has 7 heteroatoms. The number of hydrogen-bond acceptors (Lipinski definition) is 6. The quantitative estimate of drug-likeness (QED) is 0.461. The highest BCUT2D eigenvalue weighted by atomic mass is 32.2. The van der Waals surface area contributed by atoms with E-state index in [9.17, 15) is 9.59 Å². The molecule has 6 nitrogen and oxygen atoms in total. The van der Waals surface area contributed by atoms with Crippen molar-refractivity contribution in [2.45, 2.75) is 18.0 Å². The predicted octanol–water partition coefficient (Wildman–Crippen LogP) is 0.246. The Labute approximate surface area is 103 Å². The van der Waals surface area contributed by atoms with Crippen LogP contribution in [0.1, 0.15) is 6.92 Å². The molecule has 0 aliphatic heterocycles. The first kappa shape index (κ1) is 13.4. The van der Waals surface area contributed by atoms with Gasteiger partial charge in [-0.2, -0.15) is 0 Å². The fourth-order valence-electron chi connectivity index (χ4n) is 1.09. The minimum Gasteiger partial charge on any atom is -0.467 e. The topological polar surface area (TPSA) is 81.2 Å². The van der Waals surface area contributed by atoms with E-state index in [2.05, 4.69) is 20.0 Å². The molecule has 1 aromatic heterocycles. The van der Waals surface area contributed by atoms with Crippen LogP contribution in [0.15, 0.2) is 23.6 Å². The average molecular weight is 255 g/mol. The van der Waals surface area contributed by atoms with Gasteiger partial charge in [-0.1, -0.05) is 0 Å². The molecular weight excluding hydrogens is 242 g/mol. The molecule has 0 spiro atoms. The van der Waals surface area contributed by atoms with Crippen molar-refractivity contribution < 1.29 is 14.3 Å². The zero-order chi connectivity index (χ0) is 12.7. The van der Waals surface area contributed by atoms with E-state index < -0.39 is 12.0 Å². The molecule has 92 valence electrons. The second-order valence-electron chi connectivity index (χ2n) is 3.13. The minimum absolute atomic E-state index is 0.274. The Morgan fingerprint density at radius 1 is 1.59 bits per heavy atom. The molecule has 1 amide bonds. The van der Waals surface area contributed by atoms with Crippen LogP contribution in [0, 0.1) is 0 Å². The Morgan fingerprint density at radius 3 is 2.88 bits per heavy atom. The monoisotopic (exact) mass is 255 g/mol. The summed E-state index contributed by atoms with van der Waals surface area (Å²) < 4.78 is 4.60. The standard InChI is InChI=1S/C10H13N3O3S/c1-7(14)13-8(10(15)16-2)5-17-9-3-4-11-6-12-9/h3-4,6,8H,5H2,1-2H3,(H,13,14). The Bertz CT molecular complexity index is 386. The van der Waals surface area contributed by atoms with Crippen LogP contribution in [-0.2, 0) is 14.3 Å². The number of nitrogens with zero attached hydrogens (tertiary/aromatic N) is 2. The van der Waals surface area contributed by atoms with Gasteiger partial charge in [-0.15, -0.1) is 11.8 Å². The fourth-order valence-corrected chi connectivity index (χ4v) is 1.92. The number of carbonyl (C=O) groups excluding carboxylic acids is 2. The number of hydrogen-bond donors (Lipinski definition) is 1.